The summed E-state index contributed by atoms with van der Waals surface area (Å²) in [5.41, 5.74) is 2.39. The number of ether oxygens (including phenoxy) is 1. The van der Waals surface area contributed by atoms with Gasteiger partial charge in [0, 0.05) is 38.4 Å². The summed E-state index contributed by atoms with van der Waals surface area (Å²) in [5, 5.41) is 3.37. The van der Waals surface area contributed by atoms with Gasteiger partial charge in [-0.1, -0.05) is 6.07 Å². The van der Waals surface area contributed by atoms with E-state index in [9.17, 15) is 4.39 Å². The maximum Gasteiger partial charge on any atom is 0.133 e. The van der Waals surface area contributed by atoms with Crippen molar-refractivity contribution in [2.45, 2.75) is 25.5 Å². The maximum absolute atomic E-state index is 13.1. The summed E-state index contributed by atoms with van der Waals surface area (Å²) in [6.07, 6.45) is 2.43. The Morgan fingerprint density at radius 3 is 2.39 bits per heavy atom. The molecule has 150 valence electrons. The summed E-state index contributed by atoms with van der Waals surface area (Å²) in [6, 6.07) is 13.2. The van der Waals surface area contributed by atoms with Gasteiger partial charge in [-0.15, -0.1) is 0 Å². The molecule has 0 aromatic heterocycles. The van der Waals surface area contributed by atoms with Crippen LogP contribution in [-0.2, 0) is 6.54 Å². The van der Waals surface area contributed by atoms with Gasteiger partial charge in [0.15, 0.2) is 0 Å². The minimum absolute atomic E-state index is 0.180. The van der Waals surface area contributed by atoms with Crippen LogP contribution in [0.4, 0.5) is 10.1 Å². The van der Waals surface area contributed by atoms with Gasteiger partial charge in [0.05, 0.1) is 4.47 Å². The second-order valence-corrected chi connectivity index (χ2v) is 8.43. The molecule has 6 heteroatoms. The molecule has 2 aromatic rings. The zero-order chi connectivity index (χ0) is 19.3. The van der Waals surface area contributed by atoms with Crippen LogP contribution in [0.15, 0.2) is 46.9 Å². The van der Waals surface area contributed by atoms with Crippen molar-refractivity contribution in [3.63, 3.8) is 0 Å². The predicted octanol–water partition coefficient (Wildman–Crippen LogP) is 4.04. The van der Waals surface area contributed by atoms with Crippen LogP contribution in [0.25, 0.3) is 0 Å². The Kier molecular flexibility index (Phi) is 6.50. The number of halogens is 2. The van der Waals surface area contributed by atoms with E-state index in [0.29, 0.717) is 6.10 Å². The Labute approximate surface area is 174 Å². The molecule has 0 radical (unpaired) electrons. The number of nitrogens with zero attached hydrogens (tertiary/aromatic N) is 2. The van der Waals surface area contributed by atoms with Crippen LogP contribution in [0, 0.1) is 5.82 Å². The second kappa shape index (κ2) is 9.25. The molecule has 2 aromatic carbocycles. The van der Waals surface area contributed by atoms with E-state index in [1.54, 1.807) is 0 Å². The summed E-state index contributed by atoms with van der Waals surface area (Å²) < 4.78 is 20.3. The first-order valence-electron chi connectivity index (χ1n) is 10.1. The summed E-state index contributed by atoms with van der Waals surface area (Å²) in [5.74, 6) is 0.761. The molecule has 0 atom stereocenters. The third-order valence-electron chi connectivity index (χ3n) is 5.55. The highest BCUT2D eigenvalue weighted by molar-refractivity contribution is 9.10. The van der Waals surface area contributed by atoms with Gasteiger partial charge in [0.25, 0.3) is 0 Å². The van der Waals surface area contributed by atoms with Gasteiger partial charge >= 0.3 is 0 Å². The zero-order valence-corrected chi connectivity index (χ0v) is 17.6. The number of hydrogen-bond donors (Lipinski definition) is 1. The lowest BCUT2D eigenvalue weighted by Crippen LogP contribution is -2.45. The zero-order valence-electron chi connectivity index (χ0n) is 16.0. The highest BCUT2D eigenvalue weighted by Crippen LogP contribution is 2.29. The van der Waals surface area contributed by atoms with Crippen LogP contribution >= 0.6 is 15.9 Å². The fourth-order valence-electron chi connectivity index (χ4n) is 3.91. The highest BCUT2D eigenvalue weighted by Gasteiger charge is 2.19. The minimum atomic E-state index is -0.180. The van der Waals surface area contributed by atoms with Gasteiger partial charge in [-0.05, 0) is 83.8 Å². The number of benzene rings is 2. The van der Waals surface area contributed by atoms with Gasteiger partial charge in [0.2, 0.25) is 0 Å². The molecule has 2 aliphatic heterocycles. The normalized spacial score (nSPS) is 19.0. The lowest BCUT2D eigenvalue weighted by Gasteiger charge is -2.36. The standard InChI is InChI=1S/C22H27BrFN3O/c23-21-15-17(1-6-22(21)28-20-7-9-25-10-8-20)16-26-11-13-27(14-12-26)19-4-2-18(24)3-5-19/h1-6,15,20,25H,7-14,16H2. The Morgan fingerprint density at radius 2 is 1.71 bits per heavy atom. The molecule has 0 spiro atoms. The van der Waals surface area contributed by atoms with Crippen molar-refractivity contribution in [3.8, 4) is 5.75 Å². The fraction of sp³-hybridized carbons (Fsp3) is 0.455. The van der Waals surface area contributed by atoms with Gasteiger partial charge in [-0.3, -0.25) is 4.90 Å². The topological polar surface area (TPSA) is 27.7 Å². The number of anilines is 1. The van der Waals surface area contributed by atoms with Crippen LogP contribution in [-0.4, -0.2) is 50.3 Å². The first-order valence-corrected chi connectivity index (χ1v) is 10.9. The molecule has 0 amide bonds. The van der Waals surface area contributed by atoms with Crippen molar-refractivity contribution < 1.29 is 9.13 Å². The molecule has 2 fully saturated rings. The Bertz CT molecular complexity index is 772. The van der Waals surface area contributed by atoms with E-state index >= 15 is 0 Å². The molecule has 2 aliphatic rings. The molecular formula is C22H27BrFN3O. The largest absolute Gasteiger partial charge is 0.489 e. The average Bonchev–Trinajstić information content (AvgIpc) is 2.72. The van der Waals surface area contributed by atoms with Gasteiger partial charge < -0.3 is 15.0 Å². The quantitative estimate of drug-likeness (QED) is 0.748. The maximum atomic E-state index is 13.1. The van der Waals surface area contributed by atoms with Crippen molar-refractivity contribution in [2.24, 2.45) is 0 Å². The SMILES string of the molecule is Fc1ccc(N2CCN(Cc3ccc(OC4CCNCC4)c(Br)c3)CC2)cc1. The smallest absolute Gasteiger partial charge is 0.133 e. The van der Waals surface area contributed by atoms with E-state index in [2.05, 4.69) is 49.2 Å². The molecule has 1 N–H and O–H groups in total. The number of piperidine rings is 1. The van der Waals surface area contributed by atoms with Crippen LogP contribution in [0.5, 0.6) is 5.75 Å². The van der Waals surface area contributed by atoms with Gasteiger partial charge in [-0.25, -0.2) is 4.39 Å². The molecule has 4 rings (SSSR count). The first kappa shape index (κ1) is 19.7. The molecule has 0 bridgehead atoms. The first-order chi connectivity index (χ1) is 13.7. The number of nitrogens with one attached hydrogen (secondary N) is 1. The molecule has 2 saturated heterocycles. The fourth-order valence-corrected chi connectivity index (χ4v) is 4.43. The monoisotopic (exact) mass is 447 g/mol. The molecule has 0 aliphatic carbocycles. The third-order valence-corrected chi connectivity index (χ3v) is 6.17. The number of hydrogen-bond acceptors (Lipinski definition) is 4. The van der Waals surface area contributed by atoms with Crippen LogP contribution in [0.2, 0.25) is 0 Å². The number of rotatable bonds is 5. The van der Waals surface area contributed by atoms with Crippen molar-refractivity contribution in [3.05, 3.63) is 58.3 Å². The summed E-state index contributed by atoms with van der Waals surface area (Å²) >= 11 is 3.69. The average molecular weight is 448 g/mol. The van der Waals surface area contributed by atoms with Crippen LogP contribution in [0.3, 0.4) is 0 Å². The van der Waals surface area contributed by atoms with Crippen LogP contribution in [0.1, 0.15) is 18.4 Å². The Hall–Kier alpha value is -1.63. The van der Waals surface area contributed by atoms with Gasteiger partial charge in [0.1, 0.15) is 17.7 Å². The molecule has 0 saturated carbocycles. The lowest BCUT2D eigenvalue weighted by atomic mass is 10.1. The molecule has 4 nitrogen and oxygen atoms in total. The second-order valence-electron chi connectivity index (χ2n) is 7.57. The van der Waals surface area contributed by atoms with Crippen LogP contribution < -0.4 is 15.0 Å². The Balaban J connectivity index is 1.30. The van der Waals surface area contributed by atoms with E-state index < -0.39 is 0 Å². The van der Waals surface area contributed by atoms with E-state index in [1.165, 1.54) is 17.7 Å². The molecule has 2 heterocycles. The van der Waals surface area contributed by atoms with Crippen molar-refractivity contribution in [2.75, 3.05) is 44.2 Å². The van der Waals surface area contributed by atoms with Gasteiger partial charge in [-0.2, -0.15) is 0 Å². The highest BCUT2D eigenvalue weighted by atomic mass is 79.9. The van der Waals surface area contributed by atoms with E-state index in [-0.39, 0.29) is 5.82 Å². The summed E-state index contributed by atoms with van der Waals surface area (Å²) in [7, 11) is 0. The van der Waals surface area contributed by atoms with Crippen molar-refractivity contribution >= 4 is 21.6 Å². The van der Waals surface area contributed by atoms with E-state index in [1.807, 2.05) is 12.1 Å². The van der Waals surface area contributed by atoms with E-state index in [4.69, 9.17) is 4.74 Å². The molecule has 0 unspecified atom stereocenters. The van der Waals surface area contributed by atoms with Crippen molar-refractivity contribution in [1.29, 1.82) is 0 Å². The molecular weight excluding hydrogens is 421 g/mol. The van der Waals surface area contributed by atoms with E-state index in [0.717, 1.165) is 74.6 Å². The minimum Gasteiger partial charge on any atom is -0.489 e. The lowest BCUT2D eigenvalue weighted by molar-refractivity contribution is 0.161. The summed E-state index contributed by atoms with van der Waals surface area (Å²) in [4.78, 5) is 4.79. The third kappa shape index (κ3) is 5.04. The number of piperazine rings is 1. The predicted molar refractivity (Wildman–Crippen MR) is 115 cm³/mol. The Morgan fingerprint density at radius 1 is 1.00 bits per heavy atom. The molecule has 28 heavy (non-hydrogen) atoms. The van der Waals surface area contributed by atoms with Crippen molar-refractivity contribution in [1.82, 2.24) is 10.2 Å². The summed E-state index contributed by atoms with van der Waals surface area (Å²) in [6.45, 7) is 6.93.